The predicted molar refractivity (Wildman–Crippen MR) is 178 cm³/mol. The number of hydrogen-bond donors (Lipinski definition) is 0. The van der Waals surface area contributed by atoms with Crippen LogP contribution in [0, 0.1) is 11.3 Å². The zero-order valence-electron chi connectivity index (χ0n) is 26.3. The number of carbonyl (C=O) groups is 1. The molecule has 2 aliphatic rings. The van der Waals surface area contributed by atoms with Gasteiger partial charge in [-0.3, -0.25) is 0 Å². The Labute approximate surface area is 269 Å². The van der Waals surface area contributed by atoms with Crippen LogP contribution in [-0.4, -0.2) is 58.5 Å². The predicted octanol–water partition coefficient (Wildman–Crippen LogP) is 7.76. The van der Waals surface area contributed by atoms with Crippen LogP contribution < -0.4 is 9.64 Å². The number of fused-ring (bicyclic) bond motifs is 2. The summed E-state index contributed by atoms with van der Waals surface area (Å²) in [5.74, 6) is 2.85. The summed E-state index contributed by atoms with van der Waals surface area (Å²) < 4.78 is 12.0. The van der Waals surface area contributed by atoms with Gasteiger partial charge >= 0.3 is 6.09 Å². The van der Waals surface area contributed by atoms with Crippen LogP contribution in [0.3, 0.4) is 0 Å². The molecular formula is C36H39N5O3S. The SMILES string of the molecule is CSc1nc2c(c(N3CCN(C(=O)OC(C)(C)C)C(CC#N)C3)n1)CCC(c1cc(Oc3ccccc3)cc3ccccc13)C2. The van der Waals surface area contributed by atoms with E-state index in [2.05, 4.69) is 47.4 Å². The molecule has 3 aromatic carbocycles. The highest BCUT2D eigenvalue weighted by Crippen LogP contribution is 2.41. The van der Waals surface area contributed by atoms with Gasteiger partial charge in [-0.1, -0.05) is 54.2 Å². The van der Waals surface area contributed by atoms with Crippen LogP contribution >= 0.6 is 11.8 Å². The molecule has 1 aliphatic heterocycles. The van der Waals surface area contributed by atoms with Crippen LogP contribution in [0.15, 0.2) is 71.9 Å². The number of amides is 1. The van der Waals surface area contributed by atoms with Gasteiger partial charge in [0.15, 0.2) is 5.16 Å². The summed E-state index contributed by atoms with van der Waals surface area (Å²) in [5.41, 5.74) is 2.92. The second-order valence-corrected chi connectivity index (χ2v) is 13.5. The standard InChI is InChI=1S/C36H39N5O3S/c1-36(2,3)44-35(42)41-19-18-40(23-26(41)16-17-37)33-30-15-14-25(21-32(30)38-34(39-33)45-4)31-22-28(43-27-11-6-5-7-12-27)20-24-10-8-9-13-29(24)31/h5-13,20,22,25-26H,14-16,18-19,21,23H2,1-4H3. The van der Waals surface area contributed by atoms with Crippen molar-refractivity contribution in [1.29, 1.82) is 5.26 Å². The Bertz CT molecular complexity index is 1730. The maximum absolute atomic E-state index is 13.0. The average Bonchev–Trinajstić information content (AvgIpc) is 3.03. The number of piperazine rings is 1. The second-order valence-electron chi connectivity index (χ2n) is 12.7. The van der Waals surface area contributed by atoms with Gasteiger partial charge in [-0.2, -0.15) is 5.26 Å². The summed E-state index contributed by atoms with van der Waals surface area (Å²) in [7, 11) is 0. The van der Waals surface area contributed by atoms with Crippen molar-refractivity contribution in [2.45, 2.75) is 69.2 Å². The van der Waals surface area contributed by atoms with E-state index in [0.717, 1.165) is 52.8 Å². The zero-order chi connectivity index (χ0) is 31.6. The monoisotopic (exact) mass is 621 g/mol. The topological polar surface area (TPSA) is 91.6 Å². The minimum Gasteiger partial charge on any atom is -0.457 e. The van der Waals surface area contributed by atoms with Crippen molar-refractivity contribution in [2.75, 3.05) is 30.8 Å². The van der Waals surface area contributed by atoms with Crippen molar-refractivity contribution >= 4 is 34.4 Å². The molecule has 1 aromatic heterocycles. The third-order valence-corrected chi connectivity index (χ3v) is 8.99. The first kappa shape index (κ1) is 30.7. The minimum atomic E-state index is -0.598. The highest BCUT2D eigenvalue weighted by Gasteiger charge is 2.36. The van der Waals surface area contributed by atoms with Gasteiger partial charge in [0.1, 0.15) is 22.9 Å². The molecule has 0 radical (unpaired) electrons. The molecule has 4 aromatic rings. The number of carbonyl (C=O) groups excluding carboxylic acids is 1. The highest BCUT2D eigenvalue weighted by molar-refractivity contribution is 7.98. The van der Waals surface area contributed by atoms with E-state index >= 15 is 0 Å². The summed E-state index contributed by atoms with van der Waals surface area (Å²) in [6.45, 7) is 7.19. The van der Waals surface area contributed by atoms with Crippen LogP contribution in [0.1, 0.15) is 56.4 Å². The number of rotatable bonds is 6. The lowest BCUT2D eigenvalue weighted by Crippen LogP contribution is -2.56. The Morgan fingerprint density at radius 3 is 2.58 bits per heavy atom. The molecule has 0 saturated carbocycles. The van der Waals surface area contributed by atoms with Crippen molar-refractivity contribution in [3.63, 3.8) is 0 Å². The van der Waals surface area contributed by atoms with Gasteiger partial charge in [0.2, 0.25) is 0 Å². The van der Waals surface area contributed by atoms with Gasteiger partial charge in [0.05, 0.1) is 24.2 Å². The molecule has 232 valence electrons. The third kappa shape index (κ3) is 6.86. The van der Waals surface area contributed by atoms with Crippen LogP contribution in [-0.2, 0) is 17.6 Å². The lowest BCUT2D eigenvalue weighted by atomic mass is 9.80. The first-order chi connectivity index (χ1) is 21.7. The number of aromatic nitrogens is 2. The van der Waals surface area contributed by atoms with Crippen molar-refractivity contribution in [3.05, 3.63) is 83.6 Å². The van der Waals surface area contributed by atoms with Gasteiger partial charge in [0, 0.05) is 25.2 Å². The fraction of sp³-hybridized carbons (Fsp3) is 0.389. The molecule has 8 nitrogen and oxygen atoms in total. The summed E-state index contributed by atoms with van der Waals surface area (Å²) in [4.78, 5) is 27.0. The molecule has 0 bridgehead atoms. The quantitative estimate of drug-likeness (QED) is 0.159. The third-order valence-electron chi connectivity index (χ3n) is 8.44. The molecule has 2 atom stereocenters. The van der Waals surface area contributed by atoms with E-state index in [1.807, 2.05) is 57.4 Å². The Morgan fingerprint density at radius 2 is 1.82 bits per heavy atom. The van der Waals surface area contributed by atoms with E-state index in [4.69, 9.17) is 19.4 Å². The van der Waals surface area contributed by atoms with Crippen LogP contribution in [0.4, 0.5) is 10.6 Å². The molecule has 45 heavy (non-hydrogen) atoms. The Balaban J connectivity index is 1.30. The first-order valence-electron chi connectivity index (χ1n) is 15.5. The number of para-hydroxylation sites is 1. The Kier molecular flexibility index (Phi) is 8.86. The minimum absolute atomic E-state index is 0.231. The fourth-order valence-electron chi connectivity index (χ4n) is 6.41. The fourth-order valence-corrected chi connectivity index (χ4v) is 6.79. The summed E-state index contributed by atoms with van der Waals surface area (Å²) in [6.07, 6.45) is 4.47. The van der Waals surface area contributed by atoms with Gasteiger partial charge in [-0.15, -0.1) is 0 Å². The average molecular weight is 622 g/mol. The Hall–Kier alpha value is -4.29. The van der Waals surface area contributed by atoms with E-state index < -0.39 is 5.60 Å². The summed E-state index contributed by atoms with van der Waals surface area (Å²) >= 11 is 1.54. The molecule has 9 heteroatoms. The summed E-state index contributed by atoms with van der Waals surface area (Å²) in [5, 5.41) is 12.7. The molecule has 0 spiro atoms. The van der Waals surface area contributed by atoms with Crippen LogP contribution in [0.5, 0.6) is 11.5 Å². The maximum Gasteiger partial charge on any atom is 0.410 e. The normalized spacial score (nSPS) is 18.3. The lowest BCUT2D eigenvalue weighted by molar-refractivity contribution is 0.0144. The highest BCUT2D eigenvalue weighted by atomic mass is 32.2. The van der Waals surface area contributed by atoms with Crippen molar-refractivity contribution < 1.29 is 14.3 Å². The molecular weight excluding hydrogens is 582 g/mol. The second kappa shape index (κ2) is 13.0. The molecule has 1 amide bonds. The van der Waals surface area contributed by atoms with E-state index in [0.29, 0.717) is 19.6 Å². The summed E-state index contributed by atoms with van der Waals surface area (Å²) in [6, 6.07) is 24.7. The molecule has 1 aliphatic carbocycles. The van der Waals surface area contributed by atoms with Crippen molar-refractivity contribution in [2.24, 2.45) is 0 Å². The van der Waals surface area contributed by atoms with Gasteiger partial charge in [-0.05, 0) is 92.8 Å². The molecule has 6 rings (SSSR count). The number of benzene rings is 3. The number of anilines is 1. The molecule has 1 fully saturated rings. The zero-order valence-corrected chi connectivity index (χ0v) is 27.1. The Morgan fingerprint density at radius 1 is 1.04 bits per heavy atom. The van der Waals surface area contributed by atoms with E-state index in [9.17, 15) is 10.1 Å². The van der Waals surface area contributed by atoms with Gasteiger partial charge < -0.3 is 19.3 Å². The van der Waals surface area contributed by atoms with Crippen molar-refractivity contribution in [3.8, 4) is 17.6 Å². The van der Waals surface area contributed by atoms with Crippen LogP contribution in [0.25, 0.3) is 10.8 Å². The number of nitrogens with zero attached hydrogens (tertiary/aromatic N) is 5. The van der Waals surface area contributed by atoms with E-state index in [-0.39, 0.29) is 24.5 Å². The lowest BCUT2D eigenvalue weighted by Gasteiger charge is -2.42. The van der Waals surface area contributed by atoms with E-state index in [1.165, 1.54) is 16.5 Å². The van der Waals surface area contributed by atoms with Gasteiger partial charge in [0.25, 0.3) is 0 Å². The number of nitriles is 1. The number of thioether (sulfide) groups is 1. The molecule has 2 heterocycles. The van der Waals surface area contributed by atoms with Crippen LogP contribution in [0.2, 0.25) is 0 Å². The number of hydrogen-bond acceptors (Lipinski definition) is 8. The largest absolute Gasteiger partial charge is 0.457 e. The molecule has 1 saturated heterocycles. The maximum atomic E-state index is 13.0. The van der Waals surface area contributed by atoms with Crippen molar-refractivity contribution in [1.82, 2.24) is 14.9 Å². The van der Waals surface area contributed by atoms with E-state index in [1.54, 1.807) is 16.7 Å². The van der Waals surface area contributed by atoms with Gasteiger partial charge in [-0.25, -0.2) is 14.8 Å². The number of ether oxygens (including phenoxy) is 2. The first-order valence-corrected chi connectivity index (χ1v) is 16.8. The molecule has 2 unspecified atom stereocenters. The smallest absolute Gasteiger partial charge is 0.410 e. The molecule has 0 N–H and O–H groups in total.